The van der Waals surface area contributed by atoms with Crippen LogP contribution in [0.15, 0.2) is 23.1 Å². The van der Waals surface area contributed by atoms with E-state index in [2.05, 4.69) is 0 Å². The van der Waals surface area contributed by atoms with Gasteiger partial charge in [0.2, 0.25) is 5.24 Å². The first-order valence-electron chi connectivity index (χ1n) is 3.86. The number of carbonyl (C=O) groups is 1. The molecule has 0 aliphatic heterocycles. The summed E-state index contributed by atoms with van der Waals surface area (Å²) in [7, 11) is 0. The minimum absolute atomic E-state index is 0.141. The van der Waals surface area contributed by atoms with Crippen LogP contribution in [-0.2, 0) is 4.79 Å². The summed E-state index contributed by atoms with van der Waals surface area (Å²) in [6.45, 7) is 0. The zero-order chi connectivity index (χ0) is 10.6. The van der Waals surface area contributed by atoms with Crippen LogP contribution in [0.1, 0.15) is 6.42 Å². The van der Waals surface area contributed by atoms with Gasteiger partial charge in [-0.25, -0.2) is 8.78 Å². The predicted octanol–water partition coefficient (Wildman–Crippen LogP) is 3.21. The molecule has 14 heavy (non-hydrogen) atoms. The van der Waals surface area contributed by atoms with Gasteiger partial charge >= 0.3 is 0 Å². The van der Waals surface area contributed by atoms with Gasteiger partial charge in [-0.05, 0) is 29.8 Å². The van der Waals surface area contributed by atoms with Crippen LogP contribution in [-0.4, -0.2) is 11.0 Å². The maximum atomic E-state index is 13.0. The number of halogens is 3. The molecule has 0 amide bonds. The SMILES string of the molecule is O=C(Cl)CCSc1cc(F)ccc1F. The van der Waals surface area contributed by atoms with E-state index in [1.807, 2.05) is 0 Å². The number of rotatable bonds is 4. The first-order valence-corrected chi connectivity index (χ1v) is 5.22. The van der Waals surface area contributed by atoms with Crippen molar-refractivity contribution in [3.05, 3.63) is 29.8 Å². The van der Waals surface area contributed by atoms with Gasteiger partial charge in [0.15, 0.2) is 0 Å². The molecule has 0 N–H and O–H groups in total. The lowest BCUT2D eigenvalue weighted by Crippen LogP contribution is -1.90. The molecule has 0 radical (unpaired) electrons. The van der Waals surface area contributed by atoms with Crippen molar-refractivity contribution in [2.24, 2.45) is 0 Å². The van der Waals surface area contributed by atoms with Crippen LogP contribution in [0.25, 0.3) is 0 Å². The highest BCUT2D eigenvalue weighted by Crippen LogP contribution is 2.23. The van der Waals surface area contributed by atoms with E-state index in [-0.39, 0.29) is 11.3 Å². The molecule has 0 heterocycles. The van der Waals surface area contributed by atoms with Crippen LogP contribution in [0.3, 0.4) is 0 Å². The van der Waals surface area contributed by atoms with Crippen molar-refractivity contribution in [2.45, 2.75) is 11.3 Å². The summed E-state index contributed by atoms with van der Waals surface area (Å²) in [6, 6.07) is 3.20. The highest BCUT2D eigenvalue weighted by atomic mass is 35.5. The number of hydrogen-bond donors (Lipinski definition) is 0. The van der Waals surface area contributed by atoms with Gasteiger partial charge in [-0.2, -0.15) is 0 Å². The maximum absolute atomic E-state index is 13.0. The standard InChI is InChI=1S/C9H7ClF2OS/c10-9(13)3-4-14-8-5-6(11)1-2-7(8)12/h1-2,5H,3-4H2. The van der Waals surface area contributed by atoms with Gasteiger partial charge in [0.25, 0.3) is 0 Å². The molecule has 0 aliphatic carbocycles. The van der Waals surface area contributed by atoms with Crippen LogP contribution in [0, 0.1) is 11.6 Å². The van der Waals surface area contributed by atoms with Crippen LogP contribution < -0.4 is 0 Å². The second kappa shape index (κ2) is 5.32. The van der Waals surface area contributed by atoms with E-state index >= 15 is 0 Å². The minimum atomic E-state index is -0.494. The number of hydrogen-bond acceptors (Lipinski definition) is 2. The summed E-state index contributed by atoms with van der Waals surface area (Å²) in [5.41, 5.74) is 0. The van der Waals surface area contributed by atoms with Crippen LogP contribution in [0.5, 0.6) is 0 Å². The molecule has 5 heteroatoms. The molecule has 1 aromatic carbocycles. The van der Waals surface area contributed by atoms with Crippen molar-refractivity contribution in [3.63, 3.8) is 0 Å². The third-order valence-corrected chi connectivity index (χ3v) is 2.67. The Hall–Kier alpha value is -0.610. The quantitative estimate of drug-likeness (QED) is 0.590. The summed E-state index contributed by atoms with van der Waals surface area (Å²) in [5.74, 6) is -0.632. The third kappa shape index (κ3) is 3.64. The van der Waals surface area contributed by atoms with Gasteiger partial charge in [0.1, 0.15) is 11.6 Å². The van der Waals surface area contributed by atoms with Gasteiger partial charge < -0.3 is 0 Å². The zero-order valence-corrected chi connectivity index (χ0v) is 8.67. The van der Waals surface area contributed by atoms with Gasteiger partial charge in [-0.15, -0.1) is 11.8 Å². The van der Waals surface area contributed by atoms with E-state index in [0.717, 1.165) is 30.0 Å². The van der Waals surface area contributed by atoms with Crippen molar-refractivity contribution in [3.8, 4) is 0 Å². The van der Waals surface area contributed by atoms with Crippen LogP contribution in [0.2, 0.25) is 0 Å². The number of carbonyl (C=O) groups excluding carboxylic acids is 1. The topological polar surface area (TPSA) is 17.1 Å². The Morgan fingerprint density at radius 3 is 2.79 bits per heavy atom. The highest BCUT2D eigenvalue weighted by Gasteiger charge is 2.05. The summed E-state index contributed by atoms with van der Waals surface area (Å²) in [5, 5.41) is -0.477. The minimum Gasteiger partial charge on any atom is -0.281 e. The molecule has 76 valence electrons. The first-order chi connectivity index (χ1) is 6.59. The molecule has 0 aromatic heterocycles. The van der Waals surface area contributed by atoms with Crippen molar-refractivity contribution in [2.75, 3.05) is 5.75 Å². The molecule has 0 unspecified atom stereocenters. The Labute approximate surface area is 89.4 Å². The van der Waals surface area contributed by atoms with Crippen LogP contribution in [0.4, 0.5) is 8.78 Å². The Morgan fingerprint density at radius 1 is 1.43 bits per heavy atom. The van der Waals surface area contributed by atoms with Gasteiger partial charge in [-0.3, -0.25) is 4.79 Å². The van der Waals surface area contributed by atoms with E-state index in [4.69, 9.17) is 11.6 Å². The fraction of sp³-hybridized carbons (Fsp3) is 0.222. The molecular weight excluding hydrogens is 230 g/mol. The molecule has 0 saturated carbocycles. The molecule has 0 spiro atoms. The van der Waals surface area contributed by atoms with Gasteiger partial charge in [0, 0.05) is 17.1 Å². The fourth-order valence-corrected chi connectivity index (χ4v) is 1.94. The Morgan fingerprint density at radius 2 is 2.14 bits per heavy atom. The van der Waals surface area contributed by atoms with E-state index in [1.165, 1.54) is 0 Å². The molecule has 0 fully saturated rings. The zero-order valence-electron chi connectivity index (χ0n) is 7.10. The first kappa shape index (κ1) is 11.5. The molecule has 1 nitrogen and oxygen atoms in total. The van der Waals surface area contributed by atoms with E-state index in [0.29, 0.717) is 5.75 Å². The summed E-state index contributed by atoms with van der Waals surface area (Å²) in [6.07, 6.45) is 0.141. The van der Waals surface area contributed by atoms with Gasteiger partial charge in [-0.1, -0.05) is 0 Å². The van der Waals surface area contributed by atoms with Crippen molar-refractivity contribution < 1.29 is 13.6 Å². The monoisotopic (exact) mass is 236 g/mol. The summed E-state index contributed by atoms with van der Waals surface area (Å²) in [4.78, 5) is 10.6. The normalized spacial score (nSPS) is 10.2. The van der Waals surface area contributed by atoms with Crippen LogP contribution >= 0.6 is 23.4 Å². The molecule has 0 atom stereocenters. The predicted molar refractivity (Wildman–Crippen MR) is 52.6 cm³/mol. The average Bonchev–Trinajstić information content (AvgIpc) is 2.10. The summed E-state index contributed by atoms with van der Waals surface area (Å²) < 4.78 is 25.6. The van der Waals surface area contributed by atoms with Gasteiger partial charge in [0.05, 0.1) is 0 Å². The largest absolute Gasteiger partial charge is 0.281 e. The molecule has 1 aromatic rings. The Balaban J connectivity index is 2.57. The lowest BCUT2D eigenvalue weighted by Gasteiger charge is -2.01. The second-order valence-corrected chi connectivity index (χ2v) is 4.09. The molecular formula is C9H7ClF2OS. The van der Waals surface area contributed by atoms with E-state index in [1.54, 1.807) is 0 Å². The fourth-order valence-electron chi connectivity index (χ4n) is 0.829. The second-order valence-electron chi connectivity index (χ2n) is 2.53. The Kier molecular flexibility index (Phi) is 4.35. The third-order valence-electron chi connectivity index (χ3n) is 1.45. The lowest BCUT2D eigenvalue weighted by atomic mass is 10.3. The Bertz CT molecular complexity index is 344. The number of thioether (sulfide) groups is 1. The van der Waals surface area contributed by atoms with Crippen molar-refractivity contribution >= 4 is 28.6 Å². The molecule has 0 aliphatic rings. The van der Waals surface area contributed by atoms with E-state index in [9.17, 15) is 13.6 Å². The smallest absolute Gasteiger partial charge is 0.222 e. The number of benzene rings is 1. The van der Waals surface area contributed by atoms with Crippen molar-refractivity contribution in [1.29, 1.82) is 0 Å². The molecule has 0 saturated heterocycles. The molecule has 1 rings (SSSR count). The van der Waals surface area contributed by atoms with Crippen molar-refractivity contribution in [1.82, 2.24) is 0 Å². The lowest BCUT2D eigenvalue weighted by molar-refractivity contribution is -0.111. The average molecular weight is 237 g/mol. The molecule has 0 bridgehead atoms. The van der Waals surface area contributed by atoms with E-state index < -0.39 is 16.9 Å². The summed E-state index contributed by atoms with van der Waals surface area (Å²) >= 11 is 6.16. The highest BCUT2D eigenvalue weighted by molar-refractivity contribution is 7.99. The maximum Gasteiger partial charge on any atom is 0.222 e.